The van der Waals surface area contributed by atoms with Crippen molar-refractivity contribution in [3.8, 4) is 11.1 Å². The second-order valence-corrected chi connectivity index (χ2v) is 5.71. The lowest BCUT2D eigenvalue weighted by molar-refractivity contribution is -0.117. The standard InChI is InChI=1S/C19H14FN3O/c20-16-5-3-14(4-6-16)15-8-18-17(22-11-15)9-19(24)23(18)12-13-2-1-7-21-10-13/h1-8,10-11H,9,12H2. The van der Waals surface area contributed by atoms with Crippen molar-refractivity contribution in [3.63, 3.8) is 0 Å². The lowest BCUT2D eigenvalue weighted by atomic mass is 10.1. The Bertz CT molecular complexity index is 894. The molecule has 1 aromatic carbocycles. The Morgan fingerprint density at radius 2 is 1.92 bits per heavy atom. The van der Waals surface area contributed by atoms with E-state index in [4.69, 9.17) is 0 Å². The topological polar surface area (TPSA) is 46.1 Å². The first-order valence-electron chi connectivity index (χ1n) is 7.65. The Morgan fingerprint density at radius 1 is 1.08 bits per heavy atom. The molecule has 0 spiro atoms. The number of anilines is 1. The van der Waals surface area contributed by atoms with Gasteiger partial charge in [-0.05, 0) is 35.4 Å². The van der Waals surface area contributed by atoms with Gasteiger partial charge in [0.15, 0.2) is 0 Å². The number of nitrogens with zero attached hydrogens (tertiary/aromatic N) is 3. The molecule has 4 nitrogen and oxygen atoms in total. The summed E-state index contributed by atoms with van der Waals surface area (Å²) < 4.78 is 13.1. The van der Waals surface area contributed by atoms with Gasteiger partial charge in [0.25, 0.3) is 0 Å². The SMILES string of the molecule is O=C1Cc2ncc(-c3ccc(F)cc3)cc2N1Cc1cccnc1. The molecule has 0 atom stereocenters. The number of fused-ring (bicyclic) bond motifs is 1. The number of hydrogen-bond donors (Lipinski definition) is 0. The van der Waals surface area contributed by atoms with Crippen LogP contribution in [0.15, 0.2) is 61.1 Å². The molecular formula is C19H14FN3O. The Kier molecular flexibility index (Phi) is 3.54. The highest BCUT2D eigenvalue weighted by Gasteiger charge is 2.28. The van der Waals surface area contributed by atoms with Crippen molar-refractivity contribution >= 4 is 11.6 Å². The van der Waals surface area contributed by atoms with Crippen LogP contribution in [0.1, 0.15) is 11.3 Å². The summed E-state index contributed by atoms with van der Waals surface area (Å²) in [5, 5.41) is 0. The van der Waals surface area contributed by atoms with E-state index >= 15 is 0 Å². The van der Waals surface area contributed by atoms with Gasteiger partial charge in [-0.25, -0.2) is 4.39 Å². The lowest BCUT2D eigenvalue weighted by Gasteiger charge is -2.17. The van der Waals surface area contributed by atoms with E-state index in [9.17, 15) is 9.18 Å². The van der Waals surface area contributed by atoms with Crippen LogP contribution in [-0.2, 0) is 17.8 Å². The number of pyridine rings is 2. The molecule has 118 valence electrons. The lowest BCUT2D eigenvalue weighted by Crippen LogP contribution is -2.26. The largest absolute Gasteiger partial charge is 0.306 e. The van der Waals surface area contributed by atoms with Crippen LogP contribution >= 0.6 is 0 Å². The second-order valence-electron chi connectivity index (χ2n) is 5.71. The molecular weight excluding hydrogens is 305 g/mol. The summed E-state index contributed by atoms with van der Waals surface area (Å²) in [7, 11) is 0. The molecule has 0 saturated heterocycles. The Morgan fingerprint density at radius 3 is 2.67 bits per heavy atom. The summed E-state index contributed by atoms with van der Waals surface area (Å²) in [5.41, 5.74) is 4.28. The minimum atomic E-state index is -0.277. The molecule has 3 aromatic rings. The number of amides is 1. The van der Waals surface area contributed by atoms with Gasteiger partial charge in [-0.2, -0.15) is 0 Å². The van der Waals surface area contributed by atoms with E-state index in [2.05, 4.69) is 9.97 Å². The Balaban J connectivity index is 1.70. The minimum Gasteiger partial charge on any atom is -0.306 e. The van der Waals surface area contributed by atoms with Gasteiger partial charge in [-0.15, -0.1) is 0 Å². The van der Waals surface area contributed by atoms with E-state index in [0.717, 1.165) is 28.1 Å². The van der Waals surface area contributed by atoms with E-state index in [1.54, 1.807) is 35.6 Å². The summed E-state index contributed by atoms with van der Waals surface area (Å²) in [4.78, 5) is 22.6. The third-order valence-corrected chi connectivity index (χ3v) is 4.10. The molecule has 0 fully saturated rings. The van der Waals surface area contributed by atoms with E-state index in [0.29, 0.717) is 13.0 Å². The molecule has 0 N–H and O–H groups in total. The quantitative estimate of drug-likeness (QED) is 0.743. The molecule has 1 amide bonds. The number of aromatic nitrogens is 2. The highest BCUT2D eigenvalue weighted by Crippen LogP contribution is 2.32. The van der Waals surface area contributed by atoms with Gasteiger partial charge in [0.1, 0.15) is 5.82 Å². The fourth-order valence-corrected chi connectivity index (χ4v) is 2.87. The summed E-state index contributed by atoms with van der Waals surface area (Å²) in [5.74, 6) is -0.251. The maximum atomic E-state index is 13.1. The molecule has 4 rings (SSSR count). The first-order chi connectivity index (χ1) is 11.7. The van der Waals surface area contributed by atoms with Crippen molar-refractivity contribution in [2.45, 2.75) is 13.0 Å². The predicted molar refractivity (Wildman–Crippen MR) is 88.8 cm³/mol. The van der Waals surface area contributed by atoms with E-state index in [1.807, 2.05) is 18.2 Å². The zero-order chi connectivity index (χ0) is 16.5. The van der Waals surface area contributed by atoms with Gasteiger partial charge in [0.2, 0.25) is 5.91 Å². The van der Waals surface area contributed by atoms with Crippen LogP contribution in [0.4, 0.5) is 10.1 Å². The highest BCUT2D eigenvalue weighted by molar-refractivity contribution is 6.01. The molecule has 1 aliphatic heterocycles. The van der Waals surface area contributed by atoms with Gasteiger partial charge in [0.05, 0.1) is 24.3 Å². The van der Waals surface area contributed by atoms with Crippen LogP contribution in [0.5, 0.6) is 0 Å². The number of carbonyl (C=O) groups excluding carboxylic acids is 1. The van der Waals surface area contributed by atoms with Gasteiger partial charge in [-0.1, -0.05) is 18.2 Å². The monoisotopic (exact) mass is 319 g/mol. The van der Waals surface area contributed by atoms with Crippen LogP contribution < -0.4 is 4.90 Å². The Labute approximate surface area is 138 Å². The van der Waals surface area contributed by atoms with Crippen LogP contribution in [0, 0.1) is 5.82 Å². The van der Waals surface area contributed by atoms with Crippen LogP contribution in [-0.4, -0.2) is 15.9 Å². The molecule has 0 saturated carbocycles. The molecule has 0 aliphatic carbocycles. The normalized spacial score (nSPS) is 13.2. The van der Waals surface area contributed by atoms with Crippen molar-refractivity contribution in [1.29, 1.82) is 0 Å². The fourth-order valence-electron chi connectivity index (χ4n) is 2.87. The first kappa shape index (κ1) is 14.5. The fraction of sp³-hybridized carbons (Fsp3) is 0.105. The molecule has 3 heterocycles. The molecule has 0 bridgehead atoms. The number of hydrogen-bond acceptors (Lipinski definition) is 3. The van der Waals surface area contributed by atoms with Crippen LogP contribution in [0.2, 0.25) is 0 Å². The molecule has 24 heavy (non-hydrogen) atoms. The van der Waals surface area contributed by atoms with Crippen molar-refractivity contribution in [2.75, 3.05) is 4.90 Å². The smallest absolute Gasteiger partial charge is 0.233 e. The maximum absolute atomic E-state index is 13.1. The summed E-state index contributed by atoms with van der Waals surface area (Å²) in [6.07, 6.45) is 5.49. The third-order valence-electron chi connectivity index (χ3n) is 4.10. The summed E-state index contributed by atoms with van der Waals surface area (Å²) in [6.45, 7) is 0.466. The Hall–Kier alpha value is -3.08. The summed E-state index contributed by atoms with van der Waals surface area (Å²) in [6, 6.07) is 12.0. The zero-order valence-electron chi connectivity index (χ0n) is 12.8. The second kappa shape index (κ2) is 5.85. The van der Waals surface area contributed by atoms with Gasteiger partial charge < -0.3 is 4.90 Å². The van der Waals surface area contributed by atoms with Crippen molar-refractivity contribution in [1.82, 2.24) is 9.97 Å². The maximum Gasteiger partial charge on any atom is 0.233 e. The number of benzene rings is 1. The average Bonchev–Trinajstić information content (AvgIpc) is 2.91. The first-order valence-corrected chi connectivity index (χ1v) is 7.65. The minimum absolute atomic E-state index is 0.0256. The highest BCUT2D eigenvalue weighted by atomic mass is 19.1. The van der Waals surface area contributed by atoms with Gasteiger partial charge >= 0.3 is 0 Å². The predicted octanol–water partition coefficient (Wildman–Crippen LogP) is 3.37. The molecule has 5 heteroatoms. The van der Waals surface area contributed by atoms with Crippen molar-refractivity contribution < 1.29 is 9.18 Å². The molecule has 1 aliphatic rings. The number of carbonyl (C=O) groups is 1. The van der Waals surface area contributed by atoms with Crippen molar-refractivity contribution in [2.24, 2.45) is 0 Å². The zero-order valence-corrected chi connectivity index (χ0v) is 12.8. The van der Waals surface area contributed by atoms with E-state index in [-0.39, 0.29) is 11.7 Å². The van der Waals surface area contributed by atoms with Crippen LogP contribution in [0.3, 0.4) is 0 Å². The van der Waals surface area contributed by atoms with E-state index in [1.165, 1.54) is 12.1 Å². The molecule has 2 aromatic heterocycles. The summed E-state index contributed by atoms with van der Waals surface area (Å²) >= 11 is 0. The average molecular weight is 319 g/mol. The molecule has 0 unspecified atom stereocenters. The number of rotatable bonds is 3. The number of halogens is 1. The van der Waals surface area contributed by atoms with Crippen LogP contribution in [0.25, 0.3) is 11.1 Å². The molecule has 0 radical (unpaired) electrons. The van der Waals surface area contributed by atoms with Gasteiger partial charge in [-0.3, -0.25) is 14.8 Å². The third kappa shape index (κ3) is 2.65. The van der Waals surface area contributed by atoms with Gasteiger partial charge in [0, 0.05) is 24.2 Å². The van der Waals surface area contributed by atoms with Crippen molar-refractivity contribution in [3.05, 3.63) is 78.1 Å². The van der Waals surface area contributed by atoms with E-state index < -0.39 is 0 Å².